The van der Waals surface area contributed by atoms with Crippen LogP contribution in [-0.2, 0) is 19.4 Å². The maximum atomic E-state index is 9.70. The highest BCUT2D eigenvalue weighted by Crippen LogP contribution is 2.29. The first-order chi connectivity index (χ1) is 14.8. The van der Waals surface area contributed by atoms with E-state index in [0.29, 0.717) is 23.8 Å². The number of amidine groups is 1. The number of hydrogen-bond donors (Lipinski definition) is 2. The van der Waals surface area contributed by atoms with Gasteiger partial charge in [0.25, 0.3) is 0 Å². The predicted molar refractivity (Wildman–Crippen MR) is 116 cm³/mol. The first-order valence-electron chi connectivity index (χ1n) is 10.1. The Morgan fingerprint density at radius 3 is 2.57 bits per heavy atom. The third kappa shape index (κ3) is 4.60. The maximum absolute atomic E-state index is 9.70. The molecular formula is C24H25N3O3. The monoisotopic (exact) mass is 403 g/mol. The lowest BCUT2D eigenvalue weighted by Crippen LogP contribution is -2.21. The van der Waals surface area contributed by atoms with E-state index in [2.05, 4.69) is 27.6 Å². The minimum atomic E-state index is 0.298. The highest BCUT2D eigenvalue weighted by atomic mass is 16.5. The van der Waals surface area contributed by atoms with Gasteiger partial charge in [-0.25, -0.2) is 4.98 Å². The van der Waals surface area contributed by atoms with Gasteiger partial charge < -0.3 is 9.47 Å². The molecule has 0 fully saturated rings. The lowest BCUT2D eigenvalue weighted by atomic mass is 9.92. The number of rotatable bonds is 6. The fourth-order valence-corrected chi connectivity index (χ4v) is 3.62. The molecule has 2 aromatic carbocycles. The standard InChI is InChI=1S/C24H25N3O3/c1-29-20-11-8-17(9-12-20)16-26-23(27-28)22-7-4-14-25-24(22)30-21-13-10-18-5-2-3-6-19(18)15-21/h4,7-15,28H,2-3,5-6,16H2,1H3,(H,26,27). The summed E-state index contributed by atoms with van der Waals surface area (Å²) in [5.41, 5.74) is 6.51. The second-order valence-electron chi connectivity index (χ2n) is 7.22. The average Bonchev–Trinajstić information content (AvgIpc) is 2.81. The number of benzene rings is 2. The molecule has 0 radical (unpaired) electrons. The number of aromatic nitrogens is 1. The van der Waals surface area contributed by atoms with Gasteiger partial charge >= 0.3 is 0 Å². The Morgan fingerprint density at radius 1 is 1.03 bits per heavy atom. The number of hydroxylamine groups is 1. The van der Waals surface area contributed by atoms with E-state index in [4.69, 9.17) is 9.47 Å². The normalized spacial score (nSPS) is 13.5. The fraction of sp³-hybridized carbons (Fsp3) is 0.250. The van der Waals surface area contributed by atoms with E-state index in [-0.39, 0.29) is 0 Å². The topological polar surface area (TPSA) is 76.0 Å². The molecule has 0 bridgehead atoms. The lowest BCUT2D eigenvalue weighted by Gasteiger charge is -2.17. The van der Waals surface area contributed by atoms with E-state index in [0.717, 1.165) is 29.9 Å². The van der Waals surface area contributed by atoms with Crippen LogP contribution in [0.5, 0.6) is 17.4 Å². The van der Waals surface area contributed by atoms with Gasteiger partial charge in [-0.15, -0.1) is 0 Å². The lowest BCUT2D eigenvalue weighted by molar-refractivity contribution is 0.234. The van der Waals surface area contributed by atoms with E-state index in [1.807, 2.05) is 36.4 Å². The number of hydrogen-bond acceptors (Lipinski definition) is 5. The molecule has 2 N–H and O–H groups in total. The van der Waals surface area contributed by atoms with Gasteiger partial charge in [0.05, 0.1) is 19.2 Å². The van der Waals surface area contributed by atoms with Gasteiger partial charge in [0.2, 0.25) is 5.88 Å². The maximum Gasteiger partial charge on any atom is 0.230 e. The van der Waals surface area contributed by atoms with E-state index >= 15 is 0 Å². The number of aryl methyl sites for hydroxylation is 2. The van der Waals surface area contributed by atoms with Gasteiger partial charge in [-0.1, -0.05) is 18.2 Å². The van der Waals surface area contributed by atoms with Crippen LogP contribution >= 0.6 is 0 Å². The van der Waals surface area contributed by atoms with Crippen LogP contribution in [0.25, 0.3) is 0 Å². The molecule has 0 atom stereocenters. The van der Waals surface area contributed by atoms with Gasteiger partial charge in [-0.2, -0.15) is 0 Å². The fourth-order valence-electron chi connectivity index (χ4n) is 3.62. The molecule has 1 aromatic heterocycles. The van der Waals surface area contributed by atoms with E-state index in [1.54, 1.807) is 19.4 Å². The summed E-state index contributed by atoms with van der Waals surface area (Å²) < 4.78 is 11.3. The Morgan fingerprint density at radius 2 is 1.80 bits per heavy atom. The zero-order valence-corrected chi connectivity index (χ0v) is 17.0. The minimum Gasteiger partial charge on any atom is -0.497 e. The summed E-state index contributed by atoms with van der Waals surface area (Å²) >= 11 is 0. The predicted octanol–water partition coefficient (Wildman–Crippen LogP) is 4.69. The van der Waals surface area contributed by atoms with Crippen LogP contribution in [0, 0.1) is 0 Å². The summed E-state index contributed by atoms with van der Waals surface area (Å²) in [6, 6.07) is 17.4. The molecule has 0 spiro atoms. The van der Waals surface area contributed by atoms with Crippen LogP contribution in [0.2, 0.25) is 0 Å². The molecular weight excluding hydrogens is 378 g/mol. The van der Waals surface area contributed by atoms with E-state index in [9.17, 15) is 5.21 Å². The van der Waals surface area contributed by atoms with Gasteiger partial charge in [0.1, 0.15) is 11.5 Å². The molecule has 6 heteroatoms. The van der Waals surface area contributed by atoms with Crippen molar-refractivity contribution in [3.05, 3.63) is 83.0 Å². The summed E-state index contributed by atoms with van der Waals surface area (Å²) in [5.74, 6) is 2.22. The van der Waals surface area contributed by atoms with Crippen molar-refractivity contribution >= 4 is 5.84 Å². The molecule has 1 heterocycles. The van der Waals surface area contributed by atoms with Crippen LogP contribution in [-0.4, -0.2) is 23.1 Å². The van der Waals surface area contributed by atoms with Crippen molar-refractivity contribution in [2.45, 2.75) is 32.2 Å². The molecule has 30 heavy (non-hydrogen) atoms. The number of nitrogens with zero attached hydrogens (tertiary/aromatic N) is 2. The van der Waals surface area contributed by atoms with Gasteiger partial charge in [-0.3, -0.25) is 15.7 Å². The Balaban J connectivity index is 1.56. The number of fused-ring (bicyclic) bond motifs is 1. The van der Waals surface area contributed by atoms with Crippen LogP contribution in [0.4, 0.5) is 0 Å². The molecule has 4 rings (SSSR count). The number of nitrogens with one attached hydrogen (secondary N) is 1. The smallest absolute Gasteiger partial charge is 0.230 e. The average molecular weight is 403 g/mol. The third-order valence-electron chi connectivity index (χ3n) is 5.25. The molecule has 1 aliphatic carbocycles. The van der Waals surface area contributed by atoms with Gasteiger partial charge in [0.15, 0.2) is 5.84 Å². The summed E-state index contributed by atoms with van der Waals surface area (Å²) in [5, 5.41) is 9.70. The van der Waals surface area contributed by atoms with Crippen molar-refractivity contribution in [3.8, 4) is 17.4 Å². The Hall–Kier alpha value is -3.38. The summed E-state index contributed by atoms with van der Waals surface area (Å²) in [6.45, 7) is 0.389. The van der Waals surface area contributed by atoms with Crippen molar-refractivity contribution < 1.29 is 14.7 Å². The summed E-state index contributed by atoms with van der Waals surface area (Å²) in [4.78, 5) is 8.87. The summed E-state index contributed by atoms with van der Waals surface area (Å²) in [6.07, 6.45) is 6.32. The van der Waals surface area contributed by atoms with E-state index in [1.165, 1.54) is 24.0 Å². The minimum absolute atomic E-state index is 0.298. The second-order valence-corrected chi connectivity index (χ2v) is 7.22. The van der Waals surface area contributed by atoms with Crippen molar-refractivity contribution in [1.29, 1.82) is 0 Å². The number of pyridine rings is 1. The SMILES string of the molecule is COc1ccc(CN=C(NO)c2cccnc2Oc2ccc3c(c2)CCCC3)cc1. The second kappa shape index (κ2) is 9.41. The van der Waals surface area contributed by atoms with Gasteiger partial charge in [-0.05, 0) is 78.8 Å². The zero-order valence-electron chi connectivity index (χ0n) is 17.0. The first-order valence-corrected chi connectivity index (χ1v) is 10.1. The molecule has 3 aromatic rings. The first kappa shape index (κ1) is 19.9. The Labute approximate surface area is 176 Å². The van der Waals surface area contributed by atoms with Crippen molar-refractivity contribution in [1.82, 2.24) is 10.5 Å². The molecule has 0 saturated carbocycles. The summed E-state index contributed by atoms with van der Waals surface area (Å²) in [7, 11) is 1.63. The van der Waals surface area contributed by atoms with Crippen molar-refractivity contribution in [2.24, 2.45) is 4.99 Å². The molecule has 1 aliphatic rings. The van der Waals surface area contributed by atoms with Crippen LogP contribution in [0.15, 0.2) is 65.8 Å². The number of methoxy groups -OCH3 is 1. The largest absolute Gasteiger partial charge is 0.497 e. The Bertz CT molecular complexity index is 1030. The molecule has 0 saturated heterocycles. The highest BCUT2D eigenvalue weighted by molar-refractivity contribution is 6.00. The number of aliphatic imine (C=N–C) groups is 1. The van der Waals surface area contributed by atoms with Crippen molar-refractivity contribution in [2.75, 3.05) is 7.11 Å². The Kier molecular flexibility index (Phi) is 6.25. The molecule has 0 unspecified atom stereocenters. The quantitative estimate of drug-likeness (QED) is 0.355. The van der Waals surface area contributed by atoms with Crippen LogP contribution in [0.1, 0.15) is 35.1 Å². The van der Waals surface area contributed by atoms with Crippen LogP contribution < -0.4 is 15.0 Å². The molecule has 154 valence electrons. The number of ether oxygens (including phenoxy) is 2. The molecule has 0 aliphatic heterocycles. The highest BCUT2D eigenvalue weighted by Gasteiger charge is 2.14. The van der Waals surface area contributed by atoms with E-state index < -0.39 is 0 Å². The molecule has 0 amide bonds. The molecule has 6 nitrogen and oxygen atoms in total. The third-order valence-corrected chi connectivity index (χ3v) is 5.25. The zero-order chi connectivity index (χ0) is 20.8. The van der Waals surface area contributed by atoms with Crippen molar-refractivity contribution in [3.63, 3.8) is 0 Å². The van der Waals surface area contributed by atoms with Crippen LogP contribution in [0.3, 0.4) is 0 Å². The van der Waals surface area contributed by atoms with Gasteiger partial charge in [0, 0.05) is 6.20 Å².